The largest absolute Gasteiger partial charge is 0.468 e. The number of nitrogens with one attached hydrogen (secondary N) is 12. The molecule has 116 heavy (non-hydrogen) atoms. The number of hydrogen-bond donors (Lipinski definition) is 12. The van der Waals surface area contributed by atoms with Crippen molar-refractivity contribution in [3.05, 3.63) is 11.4 Å². The van der Waals surface area contributed by atoms with E-state index >= 15 is 0 Å². The molecule has 0 rings (SSSR count). The van der Waals surface area contributed by atoms with Crippen molar-refractivity contribution in [2.24, 2.45) is 0 Å². The van der Waals surface area contributed by atoms with Crippen LogP contribution in [0.5, 0.6) is 0 Å². The lowest BCUT2D eigenvalue weighted by Gasteiger charge is -2.21. The number of hydrogen-bond acceptors (Lipinski definition) is 24. The summed E-state index contributed by atoms with van der Waals surface area (Å²) in [5.74, 6) is 6.64. The Morgan fingerprint density at radius 1 is 0.328 bits per heavy atom. The van der Waals surface area contributed by atoms with Gasteiger partial charge in [0.05, 0.1) is 117 Å². The van der Waals surface area contributed by atoms with Gasteiger partial charge in [-0.15, -0.1) is 11.8 Å². The first-order valence-corrected chi connectivity index (χ1v) is 38.3. The molecule has 0 atom stereocenters. The van der Waals surface area contributed by atoms with Crippen LogP contribution in [0, 0.1) is 71.5 Å². The smallest absolute Gasteiger partial charge is 0.325 e. The molecule has 0 spiro atoms. The predicted octanol–water partition coefficient (Wildman–Crippen LogP) is 5.46. The van der Waals surface area contributed by atoms with Crippen molar-refractivity contribution in [2.45, 2.75) is 96.4 Å². The van der Waals surface area contributed by atoms with Gasteiger partial charge < -0.3 is 87.9 Å². The highest BCUT2D eigenvalue weighted by Gasteiger charge is 2.12. The molecule has 0 saturated heterocycles. The summed E-state index contributed by atoms with van der Waals surface area (Å²) in [6.07, 6.45) is 4.38. The van der Waals surface area contributed by atoms with Gasteiger partial charge in [-0.05, 0) is 103 Å². The minimum Gasteiger partial charge on any atom is -0.468 e. The number of thioether (sulfide) groups is 2. The zero-order valence-corrected chi connectivity index (χ0v) is 81.4. The molecule has 5 amide bonds. The van der Waals surface area contributed by atoms with Crippen LogP contribution in [-0.4, -0.2) is 474 Å². The average Bonchev–Trinajstić information content (AvgIpc) is 0.967. The molecule has 0 radical (unpaired) electrons. The van der Waals surface area contributed by atoms with Crippen molar-refractivity contribution in [3.8, 4) is 0 Å². The van der Waals surface area contributed by atoms with E-state index in [0.717, 1.165) is 12.5 Å². The Balaban J connectivity index is -0.0000000904. The first-order chi connectivity index (χ1) is 52.5. The van der Waals surface area contributed by atoms with E-state index in [4.69, 9.17) is 76.2 Å². The Morgan fingerprint density at radius 3 is 0.724 bits per heavy atom. The monoisotopic (exact) mass is 1690 g/mol. The molecule has 0 aromatic heterocycles. The number of esters is 1. The summed E-state index contributed by atoms with van der Waals surface area (Å²) in [7, 11) is 49.2. The Labute approximate surface area is 710 Å². The van der Waals surface area contributed by atoms with Crippen molar-refractivity contribution in [3.63, 3.8) is 0 Å². The molecular weight excluding hydrogens is 1530 g/mol. The number of likely N-dealkylation sites (N-methyl/N-ethyl adjacent to an activating group) is 10. The van der Waals surface area contributed by atoms with Gasteiger partial charge in [-0.2, -0.15) is 0 Å². The molecule has 680 valence electrons. The van der Waals surface area contributed by atoms with Gasteiger partial charge in [0, 0.05) is 190 Å². The van der Waals surface area contributed by atoms with Crippen LogP contribution in [0.3, 0.4) is 0 Å². The van der Waals surface area contributed by atoms with E-state index < -0.39 is 0 Å². The Morgan fingerprint density at radius 2 is 0.586 bits per heavy atom. The zero-order valence-electron chi connectivity index (χ0n) is 79.8. The molecule has 0 bridgehead atoms. The van der Waals surface area contributed by atoms with Crippen LogP contribution in [0.25, 0.3) is 4.85 Å². The van der Waals surface area contributed by atoms with E-state index in [1.807, 2.05) is 91.3 Å². The highest BCUT2D eigenvalue weighted by Crippen LogP contribution is 1.98. The van der Waals surface area contributed by atoms with Crippen LogP contribution in [0.15, 0.2) is 0 Å². The topological polar surface area (TPSA) is 487 Å². The molecule has 0 aliphatic heterocycles. The molecule has 0 unspecified atom stereocenters. The second kappa shape index (κ2) is 83.2. The molecule has 0 aliphatic rings. The lowest BCUT2D eigenvalue weighted by Crippen LogP contribution is -2.36. The van der Waals surface area contributed by atoms with Crippen molar-refractivity contribution < 1.29 is 43.0 Å². The average molecular weight is 1700 g/mol. The molecule has 42 heteroatoms. The van der Waals surface area contributed by atoms with Gasteiger partial charge in [0.2, 0.25) is 34.7 Å². The van der Waals surface area contributed by atoms with E-state index in [1.165, 1.54) is 50.3 Å². The summed E-state index contributed by atoms with van der Waals surface area (Å²) in [5, 5.41) is 85.8. The summed E-state index contributed by atoms with van der Waals surface area (Å²) in [5.41, 5.74) is 0. The molecular formula is C74H163N31O9S2. The number of nitrogens with zero attached hydrogens (tertiary/aromatic N) is 19. The molecule has 0 heterocycles. The third-order valence-electron chi connectivity index (χ3n) is 14.0. The van der Waals surface area contributed by atoms with E-state index in [1.54, 1.807) is 270 Å². The molecule has 12 N–H and O–H groups in total. The maximum Gasteiger partial charge on any atom is 0.325 e. The molecule has 40 nitrogen and oxygen atoms in total. The van der Waals surface area contributed by atoms with Gasteiger partial charge in [-0.3, -0.25) is 113 Å². The maximum absolute atomic E-state index is 11.0. The van der Waals surface area contributed by atoms with Crippen molar-refractivity contribution in [2.75, 3.05) is 275 Å². The van der Waals surface area contributed by atoms with Crippen molar-refractivity contribution >= 4 is 134 Å². The van der Waals surface area contributed by atoms with Gasteiger partial charge in [-0.25, -0.2) is 6.57 Å². The van der Waals surface area contributed by atoms with Crippen LogP contribution >= 0.6 is 23.5 Å². The third kappa shape index (κ3) is 108. The highest BCUT2D eigenvalue weighted by molar-refractivity contribution is 8.13. The fourth-order valence-electron chi connectivity index (χ4n) is 4.27. The predicted molar refractivity (Wildman–Crippen MR) is 490 cm³/mol. The Hall–Kier alpha value is -9.76. The first-order valence-electron chi connectivity index (χ1n) is 35.7. The van der Waals surface area contributed by atoms with Crippen molar-refractivity contribution in [1.82, 2.24) is 88.2 Å². The molecule has 0 saturated carbocycles. The first kappa shape index (κ1) is 135. The maximum atomic E-state index is 11.0. The number of amidine groups is 12. The SMILES string of the molecule is CC(=N)N(C)C.CC(=N)N(C)CC(=N)N(C)C.CC(=N)N(C)CC(=O)N(C)C.CC(=N)N(C)CC(=O)N(C)C.CC(=N)N(C)CC(=O)N(C)C.CC(=N)N(C)CN(C)C.CC(=O)N(C)C.CCC(=O)N(C)C.COC(=O)CN(C)C(C)=N.COCN(C)C(C)=N.CSC(=O)CN(C)C(C)=N.CSCN(C)C(C)=N.[C-]#[N+]CN(C)C(C)=N. The van der Waals surface area contributed by atoms with Gasteiger partial charge in [-0.1, -0.05) is 18.7 Å². The van der Waals surface area contributed by atoms with Gasteiger partial charge >= 0.3 is 5.97 Å². The van der Waals surface area contributed by atoms with Crippen molar-refractivity contribution in [1.29, 1.82) is 64.9 Å². The van der Waals surface area contributed by atoms with Gasteiger partial charge in [0.1, 0.15) is 19.1 Å². The number of rotatable bonds is 20. The molecule has 0 aromatic carbocycles. The number of carbonyl (C=O) groups is 7. The van der Waals surface area contributed by atoms with Crippen LogP contribution in [0.2, 0.25) is 0 Å². The molecule has 0 aromatic rings. The van der Waals surface area contributed by atoms with Gasteiger partial charge in [0.25, 0.3) is 6.67 Å². The second-order valence-electron chi connectivity index (χ2n) is 27.0. The normalized spacial score (nSPS) is 8.82. The summed E-state index contributed by atoms with van der Waals surface area (Å²) in [6.45, 7) is 31.9. The number of amides is 5. The molecule has 0 fully saturated rings. The van der Waals surface area contributed by atoms with E-state index in [-0.39, 0.29) is 73.5 Å². The quantitative estimate of drug-likeness (QED) is 0.0236. The summed E-state index contributed by atoms with van der Waals surface area (Å²) in [4.78, 5) is 108. The number of carbonyl (C=O) groups excluding carboxylic acids is 7. The number of methoxy groups -OCH3 is 2. The fourth-order valence-corrected chi connectivity index (χ4v) is 5.17. The van der Waals surface area contributed by atoms with E-state index in [0.29, 0.717) is 96.3 Å². The van der Waals surface area contributed by atoms with Gasteiger partial charge in [0.15, 0.2) is 0 Å². The van der Waals surface area contributed by atoms with E-state index in [9.17, 15) is 33.6 Å². The number of ether oxygens (including phenoxy) is 2. The van der Waals surface area contributed by atoms with Crippen LogP contribution in [0.1, 0.15) is 96.4 Å². The lowest BCUT2D eigenvalue weighted by molar-refractivity contribution is -0.141. The zero-order chi connectivity index (χ0) is 95.7. The van der Waals surface area contributed by atoms with Crippen LogP contribution < -0.4 is 0 Å². The summed E-state index contributed by atoms with van der Waals surface area (Å²) in [6, 6.07) is 0. The minimum absolute atomic E-state index is 0.0131. The lowest BCUT2D eigenvalue weighted by atomic mass is 10.4. The third-order valence-corrected chi connectivity index (χ3v) is 15.2. The minimum atomic E-state index is -0.325. The standard InChI is InChI=1S/C7H16N4.3C7H15N3O.C6H15N3.C6H12N2O2.C6H12N2OS.C5H9N3.C5H12N2O.C5H12N2S.C5H11NO.C4H10N2.C4H9NO/c1-6(8)11(4)5-7(9)10(2)3;3*1-6(8)10(4)5-7(11)9(2)3;1-6(7)9(4)5-8(2)3;2*1-5(7)8(2)4-6(9)10-3;1-5(6)8(3)4-7-2;2*1-5(6)7(2)4-8-3;1-4-5(7)6(2)3;1-4(5)6(2)3;1-4(6)5(2)3/h8-9H,5H2,1-4H3;3*8H,5H2,1-4H3;7H,5H2,1-4H3;2*7H,4H2,1-3H3;6H,4H2,1,3H3;2*6H,4H2,1-3H3;4H2,1-3H3;5H,1-3H3;1-3H3. The second-order valence-corrected chi connectivity index (χ2v) is 28.7. The van der Waals surface area contributed by atoms with Crippen LogP contribution in [-0.2, 0) is 43.0 Å². The highest BCUT2D eigenvalue weighted by atomic mass is 32.2. The fraction of sp³-hybridized carbons (Fsp3) is 0.730. The Bertz CT molecular complexity index is 2680. The Kier molecular flexibility index (Phi) is 97.1. The summed E-state index contributed by atoms with van der Waals surface area (Å²) >= 11 is 2.92. The van der Waals surface area contributed by atoms with Crippen LogP contribution in [0.4, 0.5) is 0 Å². The molecule has 0 aliphatic carbocycles. The summed E-state index contributed by atoms with van der Waals surface area (Å²) < 4.78 is 9.14. The van der Waals surface area contributed by atoms with E-state index in [2.05, 4.69) is 9.58 Å².